The largest absolute Gasteiger partial charge is 0.378 e. The average Bonchev–Trinajstić information content (AvgIpc) is 3.43. The Labute approximate surface area is 184 Å². The topological polar surface area (TPSA) is 63.5 Å². The second-order valence-corrected chi connectivity index (χ2v) is 8.85. The molecule has 7 nitrogen and oxygen atoms in total. The Morgan fingerprint density at radius 2 is 1.97 bits per heavy atom. The SMILES string of the molecule is CN(Cc1ccsc1)C(=O)CSc1nnc(N2CCOCC2)n1Cc1ccccc1. The van der Waals surface area contributed by atoms with E-state index in [2.05, 4.69) is 37.2 Å². The summed E-state index contributed by atoms with van der Waals surface area (Å²) in [6.45, 7) is 4.25. The van der Waals surface area contributed by atoms with Crippen LogP contribution in [0.2, 0.25) is 0 Å². The number of anilines is 1. The third-order valence-corrected chi connectivity index (χ3v) is 6.61. The van der Waals surface area contributed by atoms with Crippen molar-refractivity contribution in [2.45, 2.75) is 18.2 Å². The molecule has 0 bridgehead atoms. The van der Waals surface area contributed by atoms with Crippen molar-refractivity contribution in [3.05, 3.63) is 58.3 Å². The van der Waals surface area contributed by atoms with Gasteiger partial charge >= 0.3 is 0 Å². The van der Waals surface area contributed by atoms with Crippen molar-refractivity contribution < 1.29 is 9.53 Å². The van der Waals surface area contributed by atoms with Crippen molar-refractivity contribution >= 4 is 35.0 Å². The summed E-state index contributed by atoms with van der Waals surface area (Å²) in [4.78, 5) is 16.6. The van der Waals surface area contributed by atoms with E-state index in [9.17, 15) is 4.79 Å². The molecule has 0 unspecified atom stereocenters. The summed E-state index contributed by atoms with van der Waals surface area (Å²) in [6, 6.07) is 12.3. The van der Waals surface area contributed by atoms with E-state index in [1.165, 1.54) is 17.3 Å². The van der Waals surface area contributed by atoms with Gasteiger partial charge in [-0.1, -0.05) is 42.1 Å². The maximum absolute atomic E-state index is 12.6. The summed E-state index contributed by atoms with van der Waals surface area (Å²) in [6.07, 6.45) is 0. The van der Waals surface area contributed by atoms with Gasteiger partial charge in [0.2, 0.25) is 11.9 Å². The van der Waals surface area contributed by atoms with E-state index in [4.69, 9.17) is 4.74 Å². The highest BCUT2D eigenvalue weighted by atomic mass is 32.2. The highest BCUT2D eigenvalue weighted by molar-refractivity contribution is 7.99. The van der Waals surface area contributed by atoms with E-state index in [-0.39, 0.29) is 5.91 Å². The summed E-state index contributed by atoms with van der Waals surface area (Å²) >= 11 is 3.09. The smallest absolute Gasteiger partial charge is 0.233 e. The van der Waals surface area contributed by atoms with Crippen LogP contribution in [0.4, 0.5) is 5.95 Å². The molecule has 0 atom stereocenters. The lowest BCUT2D eigenvalue weighted by Gasteiger charge is -2.28. The molecule has 158 valence electrons. The number of hydrogen-bond donors (Lipinski definition) is 0. The standard InChI is InChI=1S/C21H25N5O2S2/c1-24(13-18-7-12-29-15-18)19(27)16-30-21-23-22-20(25-8-10-28-11-9-25)26(21)14-17-5-3-2-4-6-17/h2-7,12,15H,8-11,13-14,16H2,1H3. The Balaban J connectivity index is 1.47. The van der Waals surface area contributed by atoms with Crippen LogP contribution in [0.15, 0.2) is 52.3 Å². The minimum atomic E-state index is 0.0772. The van der Waals surface area contributed by atoms with Gasteiger partial charge in [0.1, 0.15) is 0 Å². The molecule has 30 heavy (non-hydrogen) atoms. The zero-order chi connectivity index (χ0) is 20.8. The summed E-state index contributed by atoms with van der Waals surface area (Å²) in [5.41, 5.74) is 2.33. The minimum Gasteiger partial charge on any atom is -0.378 e. The van der Waals surface area contributed by atoms with Crippen LogP contribution >= 0.6 is 23.1 Å². The Hall–Kier alpha value is -2.36. The lowest BCUT2D eigenvalue weighted by Crippen LogP contribution is -2.38. The van der Waals surface area contributed by atoms with Gasteiger partial charge in [0, 0.05) is 26.7 Å². The summed E-state index contributed by atoms with van der Waals surface area (Å²) < 4.78 is 7.59. The fraction of sp³-hybridized carbons (Fsp3) is 0.381. The molecule has 1 aliphatic heterocycles. The number of thioether (sulfide) groups is 1. The maximum Gasteiger partial charge on any atom is 0.233 e. The van der Waals surface area contributed by atoms with Crippen molar-refractivity contribution in [1.82, 2.24) is 19.7 Å². The number of rotatable bonds is 8. The molecule has 0 spiro atoms. The van der Waals surface area contributed by atoms with Crippen LogP contribution in [0.25, 0.3) is 0 Å². The Kier molecular flexibility index (Phi) is 7.03. The van der Waals surface area contributed by atoms with Gasteiger partial charge in [-0.2, -0.15) is 11.3 Å². The number of carbonyl (C=O) groups excluding carboxylic acids is 1. The van der Waals surface area contributed by atoms with Crippen LogP contribution in [0.1, 0.15) is 11.1 Å². The molecule has 3 aromatic rings. The number of nitrogens with zero attached hydrogens (tertiary/aromatic N) is 5. The number of ether oxygens (including phenoxy) is 1. The van der Waals surface area contributed by atoms with Crippen molar-refractivity contribution in [3.63, 3.8) is 0 Å². The number of carbonyl (C=O) groups is 1. The quantitative estimate of drug-likeness (QED) is 0.499. The van der Waals surface area contributed by atoms with Gasteiger partial charge in [-0.25, -0.2) is 0 Å². The predicted octanol–water partition coefficient (Wildman–Crippen LogP) is 2.98. The lowest BCUT2D eigenvalue weighted by molar-refractivity contribution is -0.127. The summed E-state index contributed by atoms with van der Waals surface area (Å²) in [5.74, 6) is 1.24. The Morgan fingerprint density at radius 1 is 1.17 bits per heavy atom. The maximum atomic E-state index is 12.6. The number of thiophene rings is 1. The van der Waals surface area contributed by atoms with Crippen LogP contribution in [0.3, 0.4) is 0 Å². The lowest BCUT2D eigenvalue weighted by atomic mass is 10.2. The Bertz CT molecular complexity index is 940. The highest BCUT2D eigenvalue weighted by Gasteiger charge is 2.22. The first-order valence-electron chi connectivity index (χ1n) is 9.88. The van der Waals surface area contributed by atoms with Crippen LogP contribution in [0.5, 0.6) is 0 Å². The number of morpholine rings is 1. The van der Waals surface area contributed by atoms with Crippen molar-refractivity contribution in [2.75, 3.05) is 44.0 Å². The number of benzene rings is 1. The van der Waals surface area contributed by atoms with E-state index < -0.39 is 0 Å². The molecular weight excluding hydrogens is 418 g/mol. The summed E-state index contributed by atoms with van der Waals surface area (Å²) in [5, 5.41) is 13.7. The molecular formula is C21H25N5O2S2. The second kappa shape index (κ2) is 10.1. The van der Waals surface area contributed by atoms with Gasteiger partial charge in [0.15, 0.2) is 5.16 Å². The van der Waals surface area contributed by atoms with Crippen LogP contribution in [0, 0.1) is 0 Å². The fourth-order valence-electron chi connectivity index (χ4n) is 3.27. The molecule has 1 amide bonds. The zero-order valence-electron chi connectivity index (χ0n) is 16.9. The normalized spacial score (nSPS) is 14.1. The van der Waals surface area contributed by atoms with E-state index in [1.807, 2.05) is 36.7 Å². The first-order chi connectivity index (χ1) is 14.7. The number of aromatic nitrogens is 3. The molecule has 0 N–H and O–H groups in total. The third-order valence-electron chi connectivity index (χ3n) is 4.93. The first-order valence-corrected chi connectivity index (χ1v) is 11.8. The fourth-order valence-corrected chi connectivity index (χ4v) is 4.80. The van der Waals surface area contributed by atoms with Gasteiger partial charge < -0.3 is 14.5 Å². The number of hydrogen-bond acceptors (Lipinski definition) is 7. The van der Waals surface area contributed by atoms with Crippen LogP contribution in [-0.4, -0.2) is 64.7 Å². The monoisotopic (exact) mass is 443 g/mol. The zero-order valence-corrected chi connectivity index (χ0v) is 18.6. The van der Waals surface area contributed by atoms with E-state index in [1.54, 1.807) is 16.2 Å². The average molecular weight is 444 g/mol. The molecule has 0 radical (unpaired) electrons. The van der Waals surface area contributed by atoms with Crippen molar-refractivity contribution in [3.8, 4) is 0 Å². The highest BCUT2D eigenvalue weighted by Crippen LogP contribution is 2.24. The second-order valence-electron chi connectivity index (χ2n) is 7.12. The van der Waals surface area contributed by atoms with E-state index >= 15 is 0 Å². The van der Waals surface area contributed by atoms with Gasteiger partial charge in [0.25, 0.3) is 0 Å². The van der Waals surface area contributed by atoms with E-state index in [0.29, 0.717) is 32.1 Å². The molecule has 2 aromatic heterocycles. The van der Waals surface area contributed by atoms with Gasteiger partial charge in [-0.3, -0.25) is 9.36 Å². The van der Waals surface area contributed by atoms with Crippen LogP contribution < -0.4 is 4.90 Å². The summed E-state index contributed by atoms with van der Waals surface area (Å²) in [7, 11) is 1.84. The molecule has 0 aliphatic carbocycles. The molecule has 3 heterocycles. The van der Waals surface area contributed by atoms with Gasteiger partial charge in [-0.05, 0) is 28.0 Å². The third kappa shape index (κ3) is 5.21. The molecule has 1 saturated heterocycles. The molecule has 1 aliphatic rings. The first kappa shape index (κ1) is 20.9. The molecule has 4 rings (SSSR count). The van der Waals surface area contributed by atoms with Crippen LogP contribution in [-0.2, 0) is 22.6 Å². The van der Waals surface area contributed by atoms with E-state index in [0.717, 1.165) is 29.8 Å². The molecule has 1 fully saturated rings. The van der Waals surface area contributed by atoms with Gasteiger partial charge in [-0.15, -0.1) is 10.2 Å². The minimum absolute atomic E-state index is 0.0772. The molecule has 0 saturated carbocycles. The Morgan fingerprint density at radius 3 is 2.70 bits per heavy atom. The van der Waals surface area contributed by atoms with Crippen molar-refractivity contribution in [1.29, 1.82) is 0 Å². The molecule has 1 aromatic carbocycles. The number of amides is 1. The predicted molar refractivity (Wildman–Crippen MR) is 120 cm³/mol. The van der Waals surface area contributed by atoms with Gasteiger partial charge in [0.05, 0.1) is 25.5 Å². The molecule has 9 heteroatoms. The van der Waals surface area contributed by atoms with Crippen molar-refractivity contribution in [2.24, 2.45) is 0 Å².